The molecule has 0 aromatic carbocycles. The third-order valence-electron chi connectivity index (χ3n) is 5.32. The first kappa shape index (κ1) is 20.0. The molecule has 1 aliphatic heterocycles. The number of rotatable bonds is 5. The Morgan fingerprint density at radius 3 is 2.20 bits per heavy atom. The molecule has 2 aliphatic rings. The molecule has 6 heteroatoms. The summed E-state index contributed by atoms with van der Waals surface area (Å²) >= 11 is 0. The van der Waals surface area contributed by atoms with Crippen LogP contribution in [0, 0.1) is 5.41 Å². The Morgan fingerprint density at radius 2 is 1.64 bits per heavy atom. The number of carbonyl (C=O) groups is 1. The number of likely N-dealkylation sites (tertiary alicyclic amines) is 1. The largest absolute Gasteiger partial charge is 0.355 e. The maximum atomic E-state index is 11.8. The standard InChI is InChI=1S/C19H37N5O/c1-19(2,3)17(25)21-11-12-22-18(20-4)23-15-9-13-24(14-10-15)16-7-5-6-8-16/h15-16H,5-14H2,1-4H3,(H,21,25)(H2,20,22,23). The Morgan fingerprint density at radius 1 is 1.04 bits per heavy atom. The van der Waals surface area contributed by atoms with Gasteiger partial charge in [0.1, 0.15) is 0 Å². The lowest BCUT2D eigenvalue weighted by Gasteiger charge is -2.36. The van der Waals surface area contributed by atoms with Gasteiger partial charge < -0.3 is 20.9 Å². The van der Waals surface area contributed by atoms with Crippen molar-refractivity contribution in [1.82, 2.24) is 20.9 Å². The van der Waals surface area contributed by atoms with E-state index in [1.807, 2.05) is 20.8 Å². The van der Waals surface area contributed by atoms with Gasteiger partial charge >= 0.3 is 0 Å². The summed E-state index contributed by atoms with van der Waals surface area (Å²) in [4.78, 5) is 18.8. The number of amides is 1. The molecule has 1 saturated heterocycles. The molecule has 1 amide bonds. The van der Waals surface area contributed by atoms with Gasteiger partial charge in [0.2, 0.25) is 5.91 Å². The first-order valence-corrected chi connectivity index (χ1v) is 9.89. The Hall–Kier alpha value is -1.30. The summed E-state index contributed by atoms with van der Waals surface area (Å²) in [5, 5.41) is 9.79. The predicted molar refractivity (Wildman–Crippen MR) is 104 cm³/mol. The zero-order valence-electron chi connectivity index (χ0n) is 16.5. The molecule has 25 heavy (non-hydrogen) atoms. The molecule has 0 spiro atoms. The Bertz CT molecular complexity index is 443. The maximum Gasteiger partial charge on any atom is 0.225 e. The highest BCUT2D eigenvalue weighted by Gasteiger charge is 2.27. The van der Waals surface area contributed by atoms with Gasteiger partial charge in [-0.1, -0.05) is 33.6 Å². The quantitative estimate of drug-likeness (QED) is 0.401. The molecule has 1 aliphatic carbocycles. The first-order chi connectivity index (χ1) is 11.9. The molecular formula is C19H37N5O. The predicted octanol–water partition coefficient (Wildman–Crippen LogP) is 1.72. The lowest BCUT2D eigenvalue weighted by atomic mass is 9.96. The molecule has 6 nitrogen and oxygen atoms in total. The monoisotopic (exact) mass is 351 g/mol. The van der Waals surface area contributed by atoms with Gasteiger partial charge in [0.25, 0.3) is 0 Å². The first-order valence-electron chi connectivity index (χ1n) is 9.89. The minimum absolute atomic E-state index is 0.0801. The van der Waals surface area contributed by atoms with Gasteiger partial charge in [-0.15, -0.1) is 0 Å². The third kappa shape index (κ3) is 6.49. The fourth-order valence-corrected chi connectivity index (χ4v) is 3.69. The normalized spacial score (nSPS) is 21.4. The van der Waals surface area contributed by atoms with Crippen LogP contribution in [-0.2, 0) is 4.79 Å². The summed E-state index contributed by atoms with van der Waals surface area (Å²) in [5.74, 6) is 0.917. The van der Waals surface area contributed by atoms with Gasteiger partial charge in [-0.05, 0) is 25.7 Å². The fraction of sp³-hybridized carbons (Fsp3) is 0.895. The molecular weight excluding hydrogens is 314 g/mol. The van der Waals surface area contributed by atoms with Crippen molar-refractivity contribution in [3.05, 3.63) is 0 Å². The van der Waals surface area contributed by atoms with Gasteiger partial charge in [-0.2, -0.15) is 0 Å². The zero-order valence-corrected chi connectivity index (χ0v) is 16.5. The van der Waals surface area contributed by atoms with Crippen molar-refractivity contribution in [3.63, 3.8) is 0 Å². The van der Waals surface area contributed by atoms with E-state index in [9.17, 15) is 4.79 Å². The number of piperidine rings is 1. The SMILES string of the molecule is CN=C(NCCNC(=O)C(C)(C)C)NC1CCN(C2CCCC2)CC1. The van der Waals surface area contributed by atoms with Crippen molar-refractivity contribution in [1.29, 1.82) is 0 Å². The molecule has 0 bridgehead atoms. The molecule has 3 N–H and O–H groups in total. The molecule has 144 valence electrons. The number of aliphatic imine (C=N–C) groups is 1. The van der Waals surface area contributed by atoms with E-state index in [1.165, 1.54) is 51.6 Å². The second-order valence-corrected chi connectivity index (χ2v) is 8.40. The molecule has 0 aromatic heterocycles. The number of nitrogens with one attached hydrogen (secondary N) is 3. The highest BCUT2D eigenvalue weighted by Crippen LogP contribution is 2.26. The minimum Gasteiger partial charge on any atom is -0.355 e. The molecule has 0 atom stereocenters. The Kier molecular flexibility index (Phi) is 7.54. The molecule has 2 fully saturated rings. The Balaban J connectivity index is 1.63. The topological polar surface area (TPSA) is 68.8 Å². The second-order valence-electron chi connectivity index (χ2n) is 8.40. The summed E-state index contributed by atoms with van der Waals surface area (Å²) in [5.41, 5.74) is -0.340. The average Bonchev–Trinajstić information content (AvgIpc) is 3.11. The van der Waals surface area contributed by atoms with Crippen molar-refractivity contribution in [2.75, 3.05) is 33.2 Å². The average molecular weight is 352 g/mol. The lowest BCUT2D eigenvalue weighted by molar-refractivity contribution is -0.128. The molecule has 1 saturated carbocycles. The summed E-state index contributed by atoms with van der Waals surface area (Å²) in [6, 6.07) is 1.33. The highest BCUT2D eigenvalue weighted by molar-refractivity contribution is 5.82. The van der Waals surface area contributed by atoms with E-state index in [1.54, 1.807) is 7.05 Å². The van der Waals surface area contributed by atoms with Gasteiger partial charge in [0.15, 0.2) is 5.96 Å². The van der Waals surface area contributed by atoms with Crippen LogP contribution in [-0.4, -0.2) is 62.1 Å². The van der Waals surface area contributed by atoms with E-state index < -0.39 is 0 Å². The molecule has 0 radical (unpaired) electrons. The van der Waals surface area contributed by atoms with E-state index in [-0.39, 0.29) is 11.3 Å². The Labute approximate surface area is 153 Å². The van der Waals surface area contributed by atoms with Crippen molar-refractivity contribution in [2.24, 2.45) is 10.4 Å². The van der Waals surface area contributed by atoms with Crippen molar-refractivity contribution < 1.29 is 4.79 Å². The van der Waals surface area contributed by atoms with E-state index in [0.717, 1.165) is 12.0 Å². The van der Waals surface area contributed by atoms with Crippen molar-refractivity contribution >= 4 is 11.9 Å². The number of hydrogen-bond acceptors (Lipinski definition) is 3. The number of hydrogen-bond donors (Lipinski definition) is 3. The summed E-state index contributed by atoms with van der Waals surface area (Å²) in [6.45, 7) is 9.46. The van der Waals surface area contributed by atoms with Gasteiger partial charge in [-0.3, -0.25) is 9.79 Å². The number of guanidine groups is 1. The van der Waals surface area contributed by atoms with E-state index in [2.05, 4.69) is 25.8 Å². The number of carbonyl (C=O) groups excluding carboxylic acids is 1. The van der Waals surface area contributed by atoms with Crippen LogP contribution in [0.4, 0.5) is 0 Å². The molecule has 0 aromatic rings. The lowest BCUT2D eigenvalue weighted by Crippen LogP contribution is -2.51. The van der Waals surface area contributed by atoms with Crippen LogP contribution in [0.25, 0.3) is 0 Å². The van der Waals surface area contributed by atoms with Crippen LogP contribution in [0.15, 0.2) is 4.99 Å². The summed E-state index contributed by atoms with van der Waals surface area (Å²) in [7, 11) is 1.80. The molecule has 2 rings (SSSR count). The summed E-state index contributed by atoms with van der Waals surface area (Å²) in [6.07, 6.45) is 7.95. The van der Waals surface area contributed by atoms with E-state index in [0.29, 0.717) is 19.1 Å². The van der Waals surface area contributed by atoms with Crippen molar-refractivity contribution in [3.8, 4) is 0 Å². The van der Waals surface area contributed by atoms with E-state index in [4.69, 9.17) is 0 Å². The summed E-state index contributed by atoms with van der Waals surface area (Å²) < 4.78 is 0. The van der Waals surface area contributed by atoms with Crippen LogP contribution < -0.4 is 16.0 Å². The van der Waals surface area contributed by atoms with Crippen molar-refractivity contribution in [2.45, 2.75) is 71.4 Å². The van der Waals surface area contributed by atoms with Crippen LogP contribution in [0.3, 0.4) is 0 Å². The van der Waals surface area contributed by atoms with Gasteiger partial charge in [-0.25, -0.2) is 0 Å². The maximum absolute atomic E-state index is 11.8. The van der Waals surface area contributed by atoms with E-state index >= 15 is 0 Å². The number of nitrogens with zero attached hydrogens (tertiary/aromatic N) is 2. The molecule has 1 heterocycles. The fourth-order valence-electron chi connectivity index (χ4n) is 3.69. The van der Waals surface area contributed by atoms with Crippen LogP contribution in [0.5, 0.6) is 0 Å². The molecule has 0 unspecified atom stereocenters. The van der Waals surface area contributed by atoms with Crippen LogP contribution in [0.2, 0.25) is 0 Å². The highest BCUT2D eigenvalue weighted by atomic mass is 16.2. The van der Waals surface area contributed by atoms with Crippen LogP contribution in [0.1, 0.15) is 59.3 Å². The van der Waals surface area contributed by atoms with Crippen LogP contribution >= 0.6 is 0 Å². The second kappa shape index (κ2) is 9.41. The third-order valence-corrected chi connectivity index (χ3v) is 5.32. The minimum atomic E-state index is -0.340. The van der Waals surface area contributed by atoms with Gasteiger partial charge in [0.05, 0.1) is 0 Å². The van der Waals surface area contributed by atoms with Gasteiger partial charge in [0, 0.05) is 50.7 Å². The smallest absolute Gasteiger partial charge is 0.225 e. The zero-order chi connectivity index (χ0) is 18.3.